The summed E-state index contributed by atoms with van der Waals surface area (Å²) in [5, 5.41) is 7.64. The van der Waals surface area contributed by atoms with Crippen molar-refractivity contribution >= 4 is 33.4 Å². The van der Waals surface area contributed by atoms with E-state index in [4.69, 9.17) is 11.6 Å². The van der Waals surface area contributed by atoms with E-state index in [-0.39, 0.29) is 5.91 Å². The standard InChI is InChI=1S/C17H13BrClN3O/c18-14-5-2-13(16(19)10-14)11-20-17(23)12-3-6-15(7-4-12)22-9-1-8-21-22/h1-10H,11H2,(H,20,23). The molecule has 1 amide bonds. The van der Waals surface area contributed by atoms with Crippen LogP contribution in [-0.4, -0.2) is 15.7 Å². The molecule has 0 saturated carbocycles. The molecule has 0 saturated heterocycles. The minimum Gasteiger partial charge on any atom is -0.348 e. The monoisotopic (exact) mass is 389 g/mol. The van der Waals surface area contributed by atoms with Crippen molar-refractivity contribution in [2.75, 3.05) is 0 Å². The van der Waals surface area contributed by atoms with Crippen molar-refractivity contribution in [3.05, 3.63) is 81.5 Å². The molecule has 0 aliphatic rings. The summed E-state index contributed by atoms with van der Waals surface area (Å²) in [7, 11) is 0. The van der Waals surface area contributed by atoms with Crippen LogP contribution in [0, 0.1) is 0 Å². The number of hydrogen-bond donors (Lipinski definition) is 1. The second kappa shape index (κ2) is 6.98. The normalized spacial score (nSPS) is 10.5. The Kier molecular flexibility index (Phi) is 4.79. The predicted molar refractivity (Wildman–Crippen MR) is 93.9 cm³/mol. The molecule has 23 heavy (non-hydrogen) atoms. The Labute approximate surface area is 147 Å². The van der Waals surface area contributed by atoms with Crippen LogP contribution < -0.4 is 5.32 Å². The van der Waals surface area contributed by atoms with Crippen molar-refractivity contribution in [1.82, 2.24) is 15.1 Å². The zero-order valence-electron chi connectivity index (χ0n) is 12.0. The van der Waals surface area contributed by atoms with Gasteiger partial charge in [-0.15, -0.1) is 0 Å². The van der Waals surface area contributed by atoms with Gasteiger partial charge < -0.3 is 5.32 Å². The fraction of sp³-hybridized carbons (Fsp3) is 0.0588. The summed E-state index contributed by atoms with van der Waals surface area (Å²) in [6, 6.07) is 14.7. The van der Waals surface area contributed by atoms with Crippen molar-refractivity contribution in [3.8, 4) is 5.69 Å². The van der Waals surface area contributed by atoms with E-state index < -0.39 is 0 Å². The molecule has 6 heteroatoms. The molecule has 1 N–H and O–H groups in total. The Bertz CT molecular complexity index is 816. The van der Waals surface area contributed by atoms with Crippen molar-refractivity contribution in [2.45, 2.75) is 6.54 Å². The summed E-state index contributed by atoms with van der Waals surface area (Å²) in [5.74, 6) is -0.143. The van der Waals surface area contributed by atoms with Gasteiger partial charge in [-0.05, 0) is 48.0 Å². The van der Waals surface area contributed by atoms with Gasteiger partial charge >= 0.3 is 0 Å². The van der Waals surface area contributed by atoms with E-state index in [9.17, 15) is 4.79 Å². The van der Waals surface area contributed by atoms with Gasteiger partial charge in [0.2, 0.25) is 0 Å². The Balaban J connectivity index is 1.66. The summed E-state index contributed by atoms with van der Waals surface area (Å²) in [4.78, 5) is 12.2. The topological polar surface area (TPSA) is 46.9 Å². The fourth-order valence-corrected chi connectivity index (χ4v) is 2.87. The fourth-order valence-electron chi connectivity index (χ4n) is 2.13. The zero-order chi connectivity index (χ0) is 16.2. The van der Waals surface area contributed by atoms with Crippen LogP contribution in [0.5, 0.6) is 0 Å². The maximum absolute atomic E-state index is 12.2. The molecule has 2 aromatic carbocycles. The molecule has 0 unspecified atom stereocenters. The van der Waals surface area contributed by atoms with Crippen molar-refractivity contribution in [1.29, 1.82) is 0 Å². The smallest absolute Gasteiger partial charge is 0.251 e. The second-order valence-corrected chi connectivity index (χ2v) is 6.24. The largest absolute Gasteiger partial charge is 0.348 e. The molecule has 1 aromatic heterocycles. The average molecular weight is 391 g/mol. The van der Waals surface area contributed by atoms with Gasteiger partial charge in [-0.1, -0.05) is 33.6 Å². The number of aromatic nitrogens is 2. The number of carbonyl (C=O) groups is 1. The summed E-state index contributed by atoms with van der Waals surface area (Å²) < 4.78 is 2.65. The summed E-state index contributed by atoms with van der Waals surface area (Å²) in [6.45, 7) is 0.381. The van der Waals surface area contributed by atoms with E-state index >= 15 is 0 Å². The van der Waals surface area contributed by atoms with Crippen LogP contribution in [0.1, 0.15) is 15.9 Å². The highest BCUT2D eigenvalue weighted by molar-refractivity contribution is 9.10. The third-order valence-corrected chi connectivity index (χ3v) is 4.20. The number of amides is 1. The van der Waals surface area contributed by atoms with E-state index in [1.165, 1.54) is 0 Å². The van der Waals surface area contributed by atoms with Gasteiger partial charge in [0.05, 0.1) is 5.69 Å². The number of carbonyl (C=O) groups excluding carboxylic acids is 1. The quantitative estimate of drug-likeness (QED) is 0.725. The minimum atomic E-state index is -0.143. The van der Waals surface area contributed by atoms with E-state index in [2.05, 4.69) is 26.3 Å². The molecule has 116 valence electrons. The lowest BCUT2D eigenvalue weighted by Gasteiger charge is -2.08. The average Bonchev–Trinajstić information content (AvgIpc) is 3.08. The van der Waals surface area contributed by atoms with Crippen LogP contribution in [0.25, 0.3) is 5.69 Å². The molecule has 0 radical (unpaired) electrons. The SMILES string of the molecule is O=C(NCc1ccc(Br)cc1Cl)c1ccc(-n2cccn2)cc1. The Hall–Kier alpha value is -2.11. The molecule has 3 rings (SSSR count). The molecular weight excluding hydrogens is 378 g/mol. The van der Waals surface area contributed by atoms with Crippen molar-refractivity contribution in [3.63, 3.8) is 0 Å². The minimum absolute atomic E-state index is 0.143. The maximum atomic E-state index is 12.2. The van der Waals surface area contributed by atoms with Crippen molar-refractivity contribution < 1.29 is 4.79 Å². The van der Waals surface area contributed by atoms with Gasteiger partial charge in [-0.2, -0.15) is 5.10 Å². The Morgan fingerprint density at radius 2 is 2.00 bits per heavy atom. The van der Waals surface area contributed by atoms with Gasteiger partial charge in [-0.25, -0.2) is 4.68 Å². The van der Waals surface area contributed by atoms with Crippen LogP contribution in [0.2, 0.25) is 5.02 Å². The van der Waals surface area contributed by atoms with Gasteiger partial charge in [0, 0.05) is 34.0 Å². The number of rotatable bonds is 4. The van der Waals surface area contributed by atoms with Crippen LogP contribution in [0.4, 0.5) is 0 Å². The van der Waals surface area contributed by atoms with E-state index in [0.29, 0.717) is 17.1 Å². The van der Waals surface area contributed by atoms with Crippen molar-refractivity contribution in [2.24, 2.45) is 0 Å². The van der Waals surface area contributed by atoms with Crippen LogP contribution >= 0.6 is 27.5 Å². The van der Waals surface area contributed by atoms with Gasteiger partial charge in [0.25, 0.3) is 5.91 Å². The first kappa shape index (κ1) is 15.8. The first-order valence-electron chi connectivity index (χ1n) is 6.96. The maximum Gasteiger partial charge on any atom is 0.251 e. The van der Waals surface area contributed by atoms with E-state index in [1.54, 1.807) is 23.0 Å². The van der Waals surface area contributed by atoms with E-state index in [0.717, 1.165) is 15.7 Å². The Morgan fingerprint density at radius 3 is 2.65 bits per heavy atom. The molecule has 0 aliphatic heterocycles. The molecular formula is C17H13BrClN3O. The lowest BCUT2D eigenvalue weighted by atomic mass is 10.1. The van der Waals surface area contributed by atoms with Gasteiger partial charge in [0.1, 0.15) is 0 Å². The number of halogens is 2. The molecule has 0 spiro atoms. The highest BCUT2D eigenvalue weighted by atomic mass is 79.9. The van der Waals surface area contributed by atoms with E-state index in [1.807, 2.05) is 42.6 Å². The molecule has 0 bridgehead atoms. The van der Waals surface area contributed by atoms with Gasteiger partial charge in [-0.3, -0.25) is 4.79 Å². The number of hydrogen-bond acceptors (Lipinski definition) is 2. The van der Waals surface area contributed by atoms with Crippen LogP contribution in [-0.2, 0) is 6.54 Å². The van der Waals surface area contributed by atoms with Crippen LogP contribution in [0.3, 0.4) is 0 Å². The number of nitrogens with one attached hydrogen (secondary N) is 1. The third kappa shape index (κ3) is 3.81. The molecule has 3 aromatic rings. The summed E-state index contributed by atoms with van der Waals surface area (Å²) >= 11 is 9.50. The summed E-state index contributed by atoms with van der Waals surface area (Å²) in [5.41, 5.74) is 2.37. The molecule has 0 fully saturated rings. The third-order valence-electron chi connectivity index (χ3n) is 3.35. The number of benzene rings is 2. The lowest BCUT2D eigenvalue weighted by molar-refractivity contribution is 0.0951. The highest BCUT2D eigenvalue weighted by Crippen LogP contribution is 2.21. The first-order chi connectivity index (χ1) is 11.1. The first-order valence-corrected chi connectivity index (χ1v) is 8.13. The highest BCUT2D eigenvalue weighted by Gasteiger charge is 2.07. The Morgan fingerprint density at radius 1 is 1.22 bits per heavy atom. The molecule has 4 nitrogen and oxygen atoms in total. The number of nitrogens with zero attached hydrogens (tertiary/aromatic N) is 2. The predicted octanol–water partition coefficient (Wildman–Crippen LogP) is 4.22. The molecule has 0 atom stereocenters. The second-order valence-electron chi connectivity index (χ2n) is 4.92. The summed E-state index contributed by atoms with van der Waals surface area (Å²) in [6.07, 6.45) is 3.56. The van der Waals surface area contributed by atoms with Gasteiger partial charge in [0.15, 0.2) is 0 Å². The lowest BCUT2D eigenvalue weighted by Crippen LogP contribution is -2.22. The van der Waals surface area contributed by atoms with Crippen LogP contribution in [0.15, 0.2) is 65.4 Å². The zero-order valence-corrected chi connectivity index (χ0v) is 14.4. The molecule has 1 heterocycles. The molecule has 0 aliphatic carbocycles.